The molecule has 106 valence electrons. The van der Waals surface area contributed by atoms with Crippen LogP contribution in [0.3, 0.4) is 0 Å². The van der Waals surface area contributed by atoms with Crippen LogP contribution in [0.4, 0.5) is 4.39 Å². The molecule has 1 N–H and O–H groups in total. The molecular formula is C15H22BrFN2. The van der Waals surface area contributed by atoms with Gasteiger partial charge in [-0.25, -0.2) is 4.39 Å². The first-order valence-electron chi connectivity index (χ1n) is 6.99. The summed E-state index contributed by atoms with van der Waals surface area (Å²) in [6.45, 7) is 9.49. The summed E-state index contributed by atoms with van der Waals surface area (Å²) in [4.78, 5) is 2.46. The molecule has 0 spiro atoms. The summed E-state index contributed by atoms with van der Waals surface area (Å²) in [6.07, 6.45) is 0.985. The van der Waals surface area contributed by atoms with Crippen LogP contribution in [0.25, 0.3) is 0 Å². The van der Waals surface area contributed by atoms with Crippen molar-refractivity contribution in [1.29, 1.82) is 0 Å². The minimum atomic E-state index is -0.110. The van der Waals surface area contributed by atoms with Gasteiger partial charge in [-0.2, -0.15) is 0 Å². The topological polar surface area (TPSA) is 15.3 Å². The SMILES string of the molecule is CC(C)c1cc(CCN2CCNCC2)cc(Br)c1F. The van der Waals surface area contributed by atoms with Gasteiger partial charge in [-0.3, -0.25) is 0 Å². The molecule has 0 unspecified atom stereocenters. The van der Waals surface area contributed by atoms with Gasteiger partial charge in [0, 0.05) is 32.7 Å². The highest BCUT2D eigenvalue weighted by Gasteiger charge is 2.13. The number of nitrogens with zero attached hydrogens (tertiary/aromatic N) is 1. The van der Waals surface area contributed by atoms with Crippen LogP contribution in [0.5, 0.6) is 0 Å². The lowest BCUT2D eigenvalue weighted by molar-refractivity contribution is 0.244. The average Bonchev–Trinajstić information content (AvgIpc) is 2.41. The Morgan fingerprint density at radius 1 is 1.32 bits per heavy atom. The third kappa shape index (κ3) is 4.01. The summed E-state index contributed by atoms with van der Waals surface area (Å²) in [7, 11) is 0. The Hall–Kier alpha value is -0.450. The van der Waals surface area contributed by atoms with Crippen LogP contribution in [0.1, 0.15) is 30.9 Å². The van der Waals surface area contributed by atoms with Gasteiger partial charge >= 0.3 is 0 Å². The molecule has 0 radical (unpaired) electrons. The van der Waals surface area contributed by atoms with E-state index in [1.54, 1.807) is 0 Å². The van der Waals surface area contributed by atoms with Gasteiger partial charge < -0.3 is 10.2 Å². The van der Waals surface area contributed by atoms with Crippen LogP contribution in [0.2, 0.25) is 0 Å². The Morgan fingerprint density at radius 2 is 2.00 bits per heavy atom. The van der Waals surface area contributed by atoms with Gasteiger partial charge in [0.2, 0.25) is 0 Å². The zero-order chi connectivity index (χ0) is 13.8. The van der Waals surface area contributed by atoms with E-state index in [9.17, 15) is 4.39 Å². The minimum absolute atomic E-state index is 0.110. The van der Waals surface area contributed by atoms with Gasteiger partial charge in [0.1, 0.15) is 5.82 Å². The van der Waals surface area contributed by atoms with Crippen LogP contribution in [-0.4, -0.2) is 37.6 Å². The van der Waals surface area contributed by atoms with E-state index in [1.807, 2.05) is 26.0 Å². The molecular weight excluding hydrogens is 307 g/mol. The summed E-state index contributed by atoms with van der Waals surface area (Å²) in [5.41, 5.74) is 2.03. The molecule has 0 saturated carbocycles. The van der Waals surface area contributed by atoms with Crippen molar-refractivity contribution in [3.05, 3.63) is 33.5 Å². The predicted molar refractivity (Wildman–Crippen MR) is 81.2 cm³/mol. The number of benzene rings is 1. The molecule has 0 aromatic heterocycles. The van der Waals surface area contributed by atoms with E-state index in [0.29, 0.717) is 4.47 Å². The van der Waals surface area contributed by atoms with E-state index in [1.165, 1.54) is 5.56 Å². The Balaban J connectivity index is 2.03. The first-order chi connectivity index (χ1) is 9.08. The quantitative estimate of drug-likeness (QED) is 0.913. The molecule has 2 rings (SSSR count). The molecule has 1 aromatic carbocycles. The van der Waals surface area contributed by atoms with Gasteiger partial charge in [0.15, 0.2) is 0 Å². The van der Waals surface area contributed by atoms with Crippen molar-refractivity contribution in [2.75, 3.05) is 32.7 Å². The lowest BCUT2D eigenvalue weighted by Gasteiger charge is -2.27. The van der Waals surface area contributed by atoms with E-state index in [-0.39, 0.29) is 11.7 Å². The molecule has 0 aliphatic carbocycles. The van der Waals surface area contributed by atoms with E-state index < -0.39 is 0 Å². The van der Waals surface area contributed by atoms with Crippen LogP contribution in [-0.2, 0) is 6.42 Å². The molecule has 1 fully saturated rings. The van der Waals surface area contributed by atoms with Crippen molar-refractivity contribution in [2.45, 2.75) is 26.2 Å². The summed E-state index contributed by atoms with van der Waals surface area (Å²) in [6, 6.07) is 3.94. The number of halogens is 2. The molecule has 1 aromatic rings. The van der Waals surface area contributed by atoms with Crippen molar-refractivity contribution >= 4 is 15.9 Å². The van der Waals surface area contributed by atoms with Crippen LogP contribution >= 0.6 is 15.9 Å². The van der Waals surface area contributed by atoms with E-state index in [4.69, 9.17) is 0 Å². The highest BCUT2D eigenvalue weighted by Crippen LogP contribution is 2.27. The second kappa shape index (κ2) is 6.82. The van der Waals surface area contributed by atoms with Gasteiger partial charge in [0.25, 0.3) is 0 Å². The highest BCUT2D eigenvalue weighted by molar-refractivity contribution is 9.10. The third-order valence-corrected chi connectivity index (χ3v) is 4.24. The van der Waals surface area contributed by atoms with E-state index in [0.717, 1.165) is 44.7 Å². The van der Waals surface area contributed by atoms with Crippen molar-refractivity contribution in [1.82, 2.24) is 10.2 Å². The number of hydrogen-bond acceptors (Lipinski definition) is 2. The molecule has 1 saturated heterocycles. The molecule has 4 heteroatoms. The Kier molecular flexibility index (Phi) is 5.37. The number of rotatable bonds is 4. The van der Waals surface area contributed by atoms with E-state index in [2.05, 4.69) is 26.1 Å². The van der Waals surface area contributed by atoms with Crippen LogP contribution in [0, 0.1) is 5.82 Å². The lowest BCUT2D eigenvalue weighted by Crippen LogP contribution is -2.44. The first kappa shape index (κ1) is 14.9. The molecule has 2 nitrogen and oxygen atoms in total. The molecule has 1 aliphatic rings. The smallest absolute Gasteiger partial charge is 0.140 e. The molecule has 1 aliphatic heterocycles. The Labute approximate surface area is 123 Å². The lowest BCUT2D eigenvalue weighted by atomic mass is 9.99. The number of piperazine rings is 1. The third-order valence-electron chi connectivity index (χ3n) is 3.66. The Bertz CT molecular complexity index is 428. The fourth-order valence-corrected chi connectivity index (χ4v) is 2.98. The normalized spacial score (nSPS) is 17.1. The van der Waals surface area contributed by atoms with Crippen LogP contribution < -0.4 is 5.32 Å². The molecule has 0 amide bonds. The number of hydrogen-bond donors (Lipinski definition) is 1. The summed E-state index contributed by atoms with van der Waals surface area (Å²) in [5, 5.41) is 3.35. The summed E-state index contributed by atoms with van der Waals surface area (Å²) in [5.74, 6) is 0.108. The first-order valence-corrected chi connectivity index (χ1v) is 7.78. The zero-order valence-electron chi connectivity index (χ0n) is 11.7. The van der Waals surface area contributed by atoms with Gasteiger partial charge in [-0.1, -0.05) is 19.9 Å². The molecule has 0 bridgehead atoms. The summed E-state index contributed by atoms with van der Waals surface area (Å²) < 4.78 is 14.6. The number of nitrogens with one attached hydrogen (secondary N) is 1. The van der Waals surface area contributed by atoms with Gasteiger partial charge in [-0.15, -0.1) is 0 Å². The maximum absolute atomic E-state index is 14.0. The van der Waals surface area contributed by atoms with Crippen molar-refractivity contribution in [2.24, 2.45) is 0 Å². The minimum Gasteiger partial charge on any atom is -0.314 e. The molecule has 0 atom stereocenters. The predicted octanol–water partition coefficient (Wildman–Crippen LogP) is 3.16. The highest BCUT2D eigenvalue weighted by atomic mass is 79.9. The Morgan fingerprint density at radius 3 is 2.63 bits per heavy atom. The van der Waals surface area contributed by atoms with Crippen LogP contribution in [0.15, 0.2) is 16.6 Å². The van der Waals surface area contributed by atoms with Crippen molar-refractivity contribution in [3.63, 3.8) is 0 Å². The average molecular weight is 329 g/mol. The fourth-order valence-electron chi connectivity index (χ4n) is 2.46. The maximum Gasteiger partial charge on any atom is 0.140 e. The second-order valence-electron chi connectivity index (χ2n) is 5.48. The largest absolute Gasteiger partial charge is 0.314 e. The fraction of sp³-hybridized carbons (Fsp3) is 0.600. The molecule has 19 heavy (non-hydrogen) atoms. The standard InChI is InChI=1S/C15H22BrFN2/c1-11(2)13-9-12(10-14(16)15(13)17)3-6-19-7-4-18-5-8-19/h9-11,18H,3-8H2,1-2H3. The van der Waals surface area contributed by atoms with Crippen molar-refractivity contribution in [3.8, 4) is 0 Å². The molecule has 1 heterocycles. The monoisotopic (exact) mass is 328 g/mol. The van der Waals surface area contributed by atoms with E-state index >= 15 is 0 Å². The summed E-state index contributed by atoms with van der Waals surface area (Å²) >= 11 is 3.33. The second-order valence-corrected chi connectivity index (χ2v) is 6.33. The van der Waals surface area contributed by atoms with Crippen molar-refractivity contribution < 1.29 is 4.39 Å². The zero-order valence-corrected chi connectivity index (χ0v) is 13.3. The maximum atomic E-state index is 14.0. The van der Waals surface area contributed by atoms with Gasteiger partial charge in [-0.05, 0) is 45.5 Å². The van der Waals surface area contributed by atoms with Gasteiger partial charge in [0.05, 0.1) is 4.47 Å².